The van der Waals surface area contributed by atoms with Crippen molar-refractivity contribution in [2.45, 2.75) is 17.2 Å². The number of rotatable bonds is 4. The molecule has 3 N–H and O–H groups in total. The van der Waals surface area contributed by atoms with Crippen LogP contribution >= 0.6 is 0 Å². The van der Waals surface area contributed by atoms with Crippen LogP contribution in [0.4, 0.5) is 26.3 Å². The highest BCUT2D eigenvalue weighted by Gasteiger charge is 2.37. The van der Waals surface area contributed by atoms with Gasteiger partial charge < -0.3 is 10.8 Å². The number of aromatic hydroxyl groups is 1. The molecular weight excluding hydrogens is 442 g/mol. The summed E-state index contributed by atoms with van der Waals surface area (Å²) in [5.41, 5.74) is -0.645. The molecule has 13 heteroatoms. The first kappa shape index (κ1) is 23.5. The van der Waals surface area contributed by atoms with E-state index in [9.17, 15) is 44.7 Å². The molecule has 0 spiro atoms. The van der Waals surface area contributed by atoms with Crippen molar-refractivity contribution in [1.82, 2.24) is 4.31 Å². The summed E-state index contributed by atoms with van der Waals surface area (Å²) in [5, 5.41) is 10.3. The summed E-state index contributed by atoms with van der Waals surface area (Å²) in [5.74, 6) is -2.40. The lowest BCUT2D eigenvalue weighted by Gasteiger charge is -2.18. The number of halogens is 6. The SMILES string of the molecule is CN(C)S(=O)(=O)c1cc(C(N)=O)c(O)c(-c2cc(C(F)(F)F)cc(C(F)(F)F)c2)c1. The largest absolute Gasteiger partial charge is 0.506 e. The Labute approximate surface area is 166 Å². The van der Waals surface area contributed by atoms with Crippen molar-refractivity contribution in [2.75, 3.05) is 14.1 Å². The molecule has 0 heterocycles. The van der Waals surface area contributed by atoms with Gasteiger partial charge in [0.25, 0.3) is 5.91 Å². The molecule has 0 aromatic heterocycles. The van der Waals surface area contributed by atoms with Crippen molar-refractivity contribution in [3.8, 4) is 16.9 Å². The van der Waals surface area contributed by atoms with E-state index < -0.39 is 66.7 Å². The first-order chi connectivity index (χ1) is 13.5. The quantitative estimate of drug-likeness (QED) is 0.689. The van der Waals surface area contributed by atoms with Gasteiger partial charge in [0.1, 0.15) is 5.75 Å². The van der Waals surface area contributed by atoms with E-state index in [0.29, 0.717) is 28.6 Å². The predicted molar refractivity (Wildman–Crippen MR) is 92.9 cm³/mol. The first-order valence-electron chi connectivity index (χ1n) is 7.85. The van der Waals surface area contributed by atoms with Gasteiger partial charge in [-0.05, 0) is 35.9 Å². The highest BCUT2D eigenvalue weighted by molar-refractivity contribution is 7.89. The maximum atomic E-state index is 13.1. The first-order valence-corrected chi connectivity index (χ1v) is 9.29. The summed E-state index contributed by atoms with van der Waals surface area (Å²) in [6.45, 7) is 0. The zero-order valence-electron chi connectivity index (χ0n) is 15.3. The Hall–Kier alpha value is -2.80. The number of carbonyl (C=O) groups excluding carboxylic acids is 1. The van der Waals surface area contributed by atoms with Gasteiger partial charge in [-0.2, -0.15) is 26.3 Å². The Bertz CT molecular complexity index is 1080. The molecule has 0 atom stereocenters. The van der Waals surface area contributed by atoms with Crippen LogP contribution in [0.1, 0.15) is 21.5 Å². The van der Waals surface area contributed by atoms with Gasteiger partial charge in [-0.25, -0.2) is 12.7 Å². The molecular formula is C17H14F6N2O4S. The number of hydrogen-bond acceptors (Lipinski definition) is 4. The van der Waals surface area contributed by atoms with Crippen molar-refractivity contribution in [3.63, 3.8) is 0 Å². The van der Waals surface area contributed by atoms with Crippen molar-refractivity contribution in [1.29, 1.82) is 0 Å². The molecule has 6 nitrogen and oxygen atoms in total. The average Bonchev–Trinajstić information content (AvgIpc) is 2.59. The monoisotopic (exact) mass is 456 g/mol. The van der Waals surface area contributed by atoms with Crippen molar-refractivity contribution in [3.05, 3.63) is 47.0 Å². The van der Waals surface area contributed by atoms with Gasteiger partial charge in [-0.3, -0.25) is 4.79 Å². The predicted octanol–water partition coefficient (Wildman–Crippen LogP) is 3.45. The Morgan fingerprint density at radius 3 is 1.77 bits per heavy atom. The Balaban J connectivity index is 2.96. The van der Waals surface area contributed by atoms with E-state index in [4.69, 9.17) is 5.73 Å². The van der Waals surface area contributed by atoms with Crippen LogP contribution < -0.4 is 5.73 Å². The number of alkyl halides is 6. The minimum atomic E-state index is -5.18. The summed E-state index contributed by atoms with van der Waals surface area (Å²) in [7, 11) is -2.07. The molecule has 0 bridgehead atoms. The number of phenols is 1. The van der Waals surface area contributed by atoms with Crippen LogP contribution in [0.3, 0.4) is 0 Å². The topological polar surface area (TPSA) is 101 Å². The number of nitrogens with two attached hydrogens (primary N) is 1. The fourth-order valence-electron chi connectivity index (χ4n) is 2.49. The number of hydrogen-bond donors (Lipinski definition) is 2. The van der Waals surface area contributed by atoms with Gasteiger partial charge in [0.15, 0.2) is 0 Å². The summed E-state index contributed by atoms with van der Waals surface area (Å²) in [6.07, 6.45) is -10.4. The third-order valence-corrected chi connectivity index (χ3v) is 5.82. The maximum Gasteiger partial charge on any atom is 0.416 e. The van der Waals surface area contributed by atoms with Gasteiger partial charge in [-0.15, -0.1) is 0 Å². The second-order valence-corrected chi connectivity index (χ2v) is 8.47. The molecule has 0 fully saturated rings. The number of primary amides is 1. The Morgan fingerprint density at radius 2 is 1.40 bits per heavy atom. The van der Waals surface area contributed by atoms with E-state index in [1.54, 1.807) is 0 Å². The summed E-state index contributed by atoms with van der Waals surface area (Å²) in [6, 6.07) is 1.79. The van der Waals surface area contributed by atoms with Crippen molar-refractivity contribution < 1.29 is 44.7 Å². The lowest BCUT2D eigenvalue weighted by Crippen LogP contribution is -2.23. The molecule has 0 radical (unpaired) electrons. The number of amides is 1. The van der Waals surface area contributed by atoms with Crippen molar-refractivity contribution >= 4 is 15.9 Å². The van der Waals surface area contributed by atoms with Crippen LogP contribution in [0, 0.1) is 0 Å². The molecule has 164 valence electrons. The molecule has 0 saturated heterocycles. The summed E-state index contributed by atoms with van der Waals surface area (Å²) in [4.78, 5) is 10.9. The minimum absolute atomic E-state index is 0.129. The number of sulfonamides is 1. The zero-order chi connectivity index (χ0) is 23.2. The van der Waals surface area contributed by atoms with Crippen LogP contribution in [0.5, 0.6) is 5.75 Å². The van der Waals surface area contributed by atoms with E-state index >= 15 is 0 Å². The highest BCUT2D eigenvalue weighted by atomic mass is 32.2. The second-order valence-electron chi connectivity index (χ2n) is 6.31. The smallest absolute Gasteiger partial charge is 0.416 e. The van der Waals surface area contributed by atoms with Gasteiger partial charge in [0, 0.05) is 19.7 Å². The van der Waals surface area contributed by atoms with Gasteiger partial charge >= 0.3 is 12.4 Å². The lowest BCUT2D eigenvalue weighted by molar-refractivity contribution is -0.143. The van der Waals surface area contributed by atoms with E-state index in [2.05, 4.69) is 0 Å². The van der Waals surface area contributed by atoms with E-state index in [0.717, 1.165) is 14.1 Å². The third-order valence-electron chi connectivity index (χ3n) is 4.03. The molecule has 1 amide bonds. The van der Waals surface area contributed by atoms with E-state index in [1.165, 1.54) is 0 Å². The molecule has 30 heavy (non-hydrogen) atoms. The molecule has 2 rings (SSSR count). The molecule has 0 saturated carbocycles. The average molecular weight is 456 g/mol. The minimum Gasteiger partial charge on any atom is -0.506 e. The van der Waals surface area contributed by atoms with Gasteiger partial charge in [0.05, 0.1) is 21.6 Å². The summed E-state index contributed by atoms with van der Waals surface area (Å²) >= 11 is 0. The third kappa shape index (κ3) is 4.51. The number of carbonyl (C=O) groups is 1. The molecule has 0 unspecified atom stereocenters. The fraction of sp³-hybridized carbons (Fsp3) is 0.235. The molecule has 0 aliphatic carbocycles. The Kier molecular flexibility index (Phi) is 5.84. The highest BCUT2D eigenvalue weighted by Crippen LogP contribution is 2.42. The van der Waals surface area contributed by atoms with Gasteiger partial charge in [-0.1, -0.05) is 0 Å². The van der Waals surface area contributed by atoms with Crippen molar-refractivity contribution in [2.24, 2.45) is 5.73 Å². The van der Waals surface area contributed by atoms with E-state index in [-0.39, 0.29) is 6.07 Å². The van der Waals surface area contributed by atoms with E-state index in [1.807, 2.05) is 0 Å². The van der Waals surface area contributed by atoms with Crippen LogP contribution in [0.25, 0.3) is 11.1 Å². The standard InChI is InChI=1S/C17H14F6N2O4S/c1-25(2)30(28,29)11-6-12(14(26)13(7-11)15(24)27)8-3-9(16(18,19)20)5-10(4-8)17(21,22)23/h3-7,26H,1-2H3,(H2,24,27). The summed E-state index contributed by atoms with van der Waals surface area (Å²) < 4.78 is 104. The normalized spacial score (nSPS) is 13.0. The fourth-order valence-corrected chi connectivity index (χ4v) is 3.44. The van der Waals surface area contributed by atoms with Crippen LogP contribution in [-0.4, -0.2) is 37.8 Å². The van der Waals surface area contributed by atoms with Crippen LogP contribution in [0.2, 0.25) is 0 Å². The maximum absolute atomic E-state index is 13.1. The zero-order valence-corrected chi connectivity index (χ0v) is 16.1. The lowest BCUT2D eigenvalue weighted by atomic mass is 9.96. The number of benzene rings is 2. The van der Waals surface area contributed by atoms with Gasteiger partial charge in [0.2, 0.25) is 10.0 Å². The molecule has 0 aliphatic rings. The van der Waals surface area contributed by atoms with Crippen LogP contribution in [-0.2, 0) is 22.4 Å². The molecule has 2 aromatic carbocycles. The second kappa shape index (κ2) is 7.47. The molecule has 2 aromatic rings. The molecule has 0 aliphatic heterocycles. The number of nitrogens with zero attached hydrogens (tertiary/aromatic N) is 1. The van der Waals surface area contributed by atoms with Crippen LogP contribution in [0.15, 0.2) is 35.2 Å². The Morgan fingerprint density at radius 1 is 0.933 bits per heavy atom.